The molecule has 1 rings (SSSR count). The quantitative estimate of drug-likeness (QED) is 0.478. The zero-order chi connectivity index (χ0) is 16.0. The Hall–Kier alpha value is -1.80. The predicted molar refractivity (Wildman–Crippen MR) is 91.4 cm³/mol. The van der Waals surface area contributed by atoms with Gasteiger partial charge in [0.15, 0.2) is 0 Å². The minimum absolute atomic E-state index is 0.481. The monoisotopic (exact) mass is 296 g/mol. The number of aryl methyl sites for hydroxylation is 1. The second kappa shape index (κ2) is 11.8. The average molecular weight is 296 g/mol. The highest BCUT2D eigenvalue weighted by molar-refractivity contribution is 5.47. The van der Waals surface area contributed by atoms with Crippen molar-refractivity contribution in [2.24, 2.45) is 0 Å². The molecule has 22 heavy (non-hydrogen) atoms. The Kier molecular flexibility index (Phi) is 9.80. The fourth-order valence-electron chi connectivity index (χ4n) is 2.75. The van der Waals surface area contributed by atoms with Crippen LogP contribution in [0.15, 0.2) is 18.2 Å². The fourth-order valence-corrected chi connectivity index (χ4v) is 2.75. The van der Waals surface area contributed by atoms with Gasteiger partial charge in [-0.25, -0.2) is 0 Å². The number of hydrogen-bond donors (Lipinski definition) is 0. The van der Waals surface area contributed by atoms with E-state index in [0.717, 1.165) is 6.42 Å². The first-order chi connectivity index (χ1) is 10.8. The van der Waals surface area contributed by atoms with Crippen LogP contribution in [0.1, 0.15) is 87.8 Å². The van der Waals surface area contributed by atoms with Crippen molar-refractivity contribution in [2.45, 2.75) is 77.6 Å². The first-order valence-corrected chi connectivity index (χ1v) is 8.75. The Morgan fingerprint density at radius 3 is 1.82 bits per heavy atom. The Balaban J connectivity index is 2.10. The molecule has 0 aliphatic carbocycles. The normalized spacial score (nSPS) is 10.1. The van der Waals surface area contributed by atoms with Crippen LogP contribution < -0.4 is 0 Å². The number of nitrogens with zero attached hydrogens (tertiary/aromatic N) is 2. The van der Waals surface area contributed by atoms with Crippen molar-refractivity contribution in [2.75, 3.05) is 0 Å². The van der Waals surface area contributed by atoms with Crippen molar-refractivity contribution < 1.29 is 0 Å². The summed E-state index contributed by atoms with van der Waals surface area (Å²) >= 11 is 0. The molecule has 0 saturated heterocycles. The molecule has 0 atom stereocenters. The number of nitriles is 2. The second-order valence-electron chi connectivity index (χ2n) is 6.04. The Labute approximate surface area is 135 Å². The third kappa shape index (κ3) is 7.28. The van der Waals surface area contributed by atoms with Gasteiger partial charge in [-0.15, -0.1) is 0 Å². The number of rotatable bonds is 11. The van der Waals surface area contributed by atoms with E-state index in [4.69, 9.17) is 10.5 Å². The molecular weight excluding hydrogens is 268 g/mol. The van der Waals surface area contributed by atoms with Crippen LogP contribution in [0.5, 0.6) is 0 Å². The van der Waals surface area contributed by atoms with Crippen LogP contribution in [-0.4, -0.2) is 0 Å². The van der Waals surface area contributed by atoms with E-state index in [0.29, 0.717) is 11.1 Å². The highest BCUT2D eigenvalue weighted by atomic mass is 14.3. The molecule has 0 aliphatic heterocycles. The molecule has 0 N–H and O–H groups in total. The van der Waals surface area contributed by atoms with Crippen LogP contribution in [0.4, 0.5) is 0 Å². The van der Waals surface area contributed by atoms with Crippen molar-refractivity contribution >= 4 is 0 Å². The highest BCUT2D eigenvalue weighted by Gasteiger charge is 2.02. The molecule has 1 aromatic carbocycles. The van der Waals surface area contributed by atoms with Crippen molar-refractivity contribution in [3.63, 3.8) is 0 Å². The lowest BCUT2D eigenvalue weighted by atomic mass is 10.0. The lowest BCUT2D eigenvalue weighted by Crippen LogP contribution is -1.90. The van der Waals surface area contributed by atoms with Crippen LogP contribution in [0.2, 0.25) is 0 Å². The van der Waals surface area contributed by atoms with Gasteiger partial charge in [0.05, 0.1) is 11.1 Å². The number of hydrogen-bond acceptors (Lipinski definition) is 2. The summed E-state index contributed by atoms with van der Waals surface area (Å²) in [6, 6.07) is 9.78. The summed E-state index contributed by atoms with van der Waals surface area (Å²) in [5.41, 5.74) is 2.16. The third-order valence-electron chi connectivity index (χ3n) is 4.14. The van der Waals surface area contributed by atoms with E-state index in [1.165, 1.54) is 69.8 Å². The minimum Gasteiger partial charge on any atom is -0.192 e. The molecule has 0 aliphatic rings. The van der Waals surface area contributed by atoms with Crippen molar-refractivity contribution in [1.29, 1.82) is 10.5 Å². The van der Waals surface area contributed by atoms with E-state index in [9.17, 15) is 0 Å². The number of benzene rings is 1. The molecule has 1 aromatic rings. The van der Waals surface area contributed by atoms with Gasteiger partial charge >= 0.3 is 0 Å². The van der Waals surface area contributed by atoms with Gasteiger partial charge in [-0.3, -0.25) is 0 Å². The van der Waals surface area contributed by atoms with Crippen LogP contribution in [0, 0.1) is 22.7 Å². The van der Waals surface area contributed by atoms with Crippen molar-refractivity contribution in [3.05, 3.63) is 34.9 Å². The topological polar surface area (TPSA) is 47.6 Å². The molecule has 0 unspecified atom stereocenters. The van der Waals surface area contributed by atoms with Gasteiger partial charge in [-0.2, -0.15) is 10.5 Å². The Bertz CT molecular complexity index is 505. The summed E-state index contributed by atoms with van der Waals surface area (Å²) in [6.45, 7) is 2.26. The van der Waals surface area contributed by atoms with E-state index in [1.54, 1.807) is 6.07 Å². The predicted octanol–water partition coefficient (Wildman–Crippen LogP) is 5.89. The molecule has 0 saturated carbocycles. The standard InChI is InChI=1S/C20H28N2/c1-2-3-4-5-6-7-8-9-10-11-12-18-13-14-19(16-21)20(15-18)17-22/h13-15H,2-12H2,1H3. The van der Waals surface area contributed by atoms with E-state index in [-0.39, 0.29) is 0 Å². The molecule has 118 valence electrons. The van der Waals surface area contributed by atoms with E-state index >= 15 is 0 Å². The maximum atomic E-state index is 9.02. The third-order valence-corrected chi connectivity index (χ3v) is 4.14. The zero-order valence-electron chi connectivity index (χ0n) is 13.9. The molecule has 0 heterocycles. The molecule has 0 spiro atoms. The molecular formula is C20H28N2. The van der Waals surface area contributed by atoms with Crippen LogP contribution in [0.25, 0.3) is 0 Å². The summed E-state index contributed by atoms with van der Waals surface area (Å²) in [4.78, 5) is 0. The Morgan fingerprint density at radius 1 is 0.727 bits per heavy atom. The second-order valence-corrected chi connectivity index (χ2v) is 6.04. The van der Waals surface area contributed by atoms with Crippen LogP contribution in [0.3, 0.4) is 0 Å². The van der Waals surface area contributed by atoms with Crippen LogP contribution in [-0.2, 0) is 6.42 Å². The number of unbranched alkanes of at least 4 members (excludes halogenated alkanes) is 9. The maximum Gasteiger partial charge on any atom is 0.101 e. The summed E-state index contributed by atoms with van der Waals surface area (Å²) in [6.07, 6.45) is 14.4. The van der Waals surface area contributed by atoms with Gasteiger partial charge < -0.3 is 0 Å². The summed E-state index contributed by atoms with van der Waals surface area (Å²) in [5.74, 6) is 0. The van der Waals surface area contributed by atoms with Crippen LogP contribution >= 0.6 is 0 Å². The van der Waals surface area contributed by atoms with E-state index in [1.807, 2.05) is 12.1 Å². The molecule has 0 bridgehead atoms. The van der Waals surface area contributed by atoms with Gasteiger partial charge in [0.1, 0.15) is 12.1 Å². The largest absolute Gasteiger partial charge is 0.192 e. The first kappa shape index (κ1) is 18.2. The van der Waals surface area contributed by atoms with Crippen molar-refractivity contribution in [1.82, 2.24) is 0 Å². The maximum absolute atomic E-state index is 9.02. The molecule has 0 fully saturated rings. The average Bonchev–Trinajstić information content (AvgIpc) is 2.56. The van der Waals surface area contributed by atoms with E-state index in [2.05, 4.69) is 19.1 Å². The van der Waals surface area contributed by atoms with Gasteiger partial charge in [-0.05, 0) is 30.5 Å². The molecule has 2 nitrogen and oxygen atoms in total. The lowest BCUT2D eigenvalue weighted by molar-refractivity contribution is 0.556. The summed E-state index contributed by atoms with van der Waals surface area (Å²) in [5, 5.41) is 17.9. The summed E-state index contributed by atoms with van der Waals surface area (Å²) in [7, 11) is 0. The van der Waals surface area contributed by atoms with Gasteiger partial charge in [0, 0.05) is 0 Å². The van der Waals surface area contributed by atoms with Gasteiger partial charge in [-0.1, -0.05) is 70.8 Å². The first-order valence-electron chi connectivity index (χ1n) is 8.75. The SMILES string of the molecule is CCCCCCCCCCCCc1ccc(C#N)c(C#N)c1. The van der Waals surface area contributed by atoms with Gasteiger partial charge in [0.2, 0.25) is 0 Å². The molecule has 0 aromatic heterocycles. The smallest absolute Gasteiger partial charge is 0.101 e. The fraction of sp³-hybridized carbons (Fsp3) is 0.600. The van der Waals surface area contributed by atoms with Crippen molar-refractivity contribution in [3.8, 4) is 12.1 Å². The van der Waals surface area contributed by atoms with Gasteiger partial charge in [0.25, 0.3) is 0 Å². The summed E-state index contributed by atoms with van der Waals surface area (Å²) < 4.78 is 0. The highest BCUT2D eigenvalue weighted by Crippen LogP contribution is 2.15. The molecule has 0 radical (unpaired) electrons. The van der Waals surface area contributed by atoms with E-state index < -0.39 is 0 Å². The molecule has 2 heteroatoms. The Morgan fingerprint density at radius 2 is 1.27 bits per heavy atom. The zero-order valence-corrected chi connectivity index (χ0v) is 13.9. The minimum atomic E-state index is 0.481. The molecule has 0 amide bonds. The lowest BCUT2D eigenvalue weighted by Gasteiger charge is -2.04.